The highest BCUT2D eigenvalue weighted by Gasteiger charge is 2.20. The van der Waals surface area contributed by atoms with Gasteiger partial charge in [0, 0.05) is 24.3 Å². The number of rotatable bonds is 16. The first-order valence-corrected chi connectivity index (χ1v) is 16.8. The molecular weight excluding hydrogens is 640 g/mol. The number of ether oxygens (including phenoxy) is 4. The van der Waals surface area contributed by atoms with Crippen LogP contribution in [0.25, 0.3) is 0 Å². The first-order chi connectivity index (χ1) is 23.8. The van der Waals surface area contributed by atoms with Crippen LogP contribution in [-0.4, -0.2) is 57.4 Å². The molecule has 0 atom stereocenters. The summed E-state index contributed by atoms with van der Waals surface area (Å²) in [7, 11) is 0. The molecule has 0 aromatic heterocycles. The zero-order valence-electron chi connectivity index (χ0n) is 29.6. The summed E-state index contributed by atoms with van der Waals surface area (Å²) in [4.78, 5) is 25.2. The Morgan fingerprint density at radius 1 is 0.500 bits per heavy atom. The Labute approximate surface area is 293 Å². The molecule has 0 aliphatic heterocycles. The van der Waals surface area contributed by atoms with Crippen molar-refractivity contribution in [3.8, 4) is 46.0 Å². The van der Waals surface area contributed by atoms with Crippen molar-refractivity contribution < 1.29 is 49.0 Å². The van der Waals surface area contributed by atoms with Crippen molar-refractivity contribution in [1.29, 1.82) is 0 Å². The number of phenols is 4. The molecule has 0 aliphatic rings. The highest BCUT2D eigenvalue weighted by atomic mass is 16.5. The van der Waals surface area contributed by atoms with E-state index in [1.807, 2.05) is 27.7 Å². The third-order valence-electron chi connectivity index (χ3n) is 7.13. The third kappa shape index (κ3) is 11.4. The van der Waals surface area contributed by atoms with Gasteiger partial charge in [-0.2, -0.15) is 0 Å². The minimum atomic E-state index is -0.475. The second-order valence-electron chi connectivity index (χ2n) is 12.1. The van der Waals surface area contributed by atoms with E-state index in [2.05, 4.69) is 13.8 Å². The predicted octanol–water partition coefficient (Wildman–Crippen LogP) is 8.59. The zero-order chi connectivity index (χ0) is 36.8. The van der Waals surface area contributed by atoms with Crippen LogP contribution in [-0.2, 0) is 0 Å². The van der Waals surface area contributed by atoms with Crippen LogP contribution in [0.3, 0.4) is 0 Å². The summed E-state index contributed by atoms with van der Waals surface area (Å²) in [5.41, 5.74) is 0.420. The van der Waals surface area contributed by atoms with Gasteiger partial charge >= 0.3 is 0 Å². The molecular formula is C40H48O10. The molecule has 0 aliphatic carbocycles. The van der Waals surface area contributed by atoms with Gasteiger partial charge in [-0.15, -0.1) is 0 Å². The van der Waals surface area contributed by atoms with Crippen molar-refractivity contribution in [2.24, 2.45) is 0 Å². The number of unbranched alkanes of at least 4 members (excludes halogenated alkanes) is 2. The molecule has 0 bridgehead atoms. The Balaban J connectivity index is 0.000000271. The van der Waals surface area contributed by atoms with Gasteiger partial charge < -0.3 is 39.4 Å². The molecule has 0 spiro atoms. The SMILES string of the molecule is CC(C)Oc1ccc(C(=O)c2ccc(OC(C)C)cc2O)c(O)c1.CCCCOc1ccc(C(=O)c2ccc(OCCCC)cc2O)c(O)c1. The number of benzene rings is 4. The second-order valence-corrected chi connectivity index (χ2v) is 12.1. The van der Waals surface area contributed by atoms with E-state index >= 15 is 0 Å². The highest BCUT2D eigenvalue weighted by molar-refractivity contribution is 6.13. The Kier molecular flexibility index (Phi) is 14.8. The van der Waals surface area contributed by atoms with Crippen molar-refractivity contribution in [2.75, 3.05) is 13.2 Å². The minimum Gasteiger partial charge on any atom is -0.507 e. The summed E-state index contributed by atoms with van der Waals surface area (Å²) in [5.74, 6) is 0.302. The molecule has 4 aromatic rings. The summed E-state index contributed by atoms with van der Waals surface area (Å²) in [5, 5.41) is 40.5. The van der Waals surface area contributed by atoms with Crippen LogP contribution in [0.4, 0.5) is 0 Å². The fourth-order valence-electron chi connectivity index (χ4n) is 4.64. The largest absolute Gasteiger partial charge is 0.507 e. The summed E-state index contributed by atoms with van der Waals surface area (Å²) < 4.78 is 22.0. The van der Waals surface area contributed by atoms with Crippen LogP contribution in [0.1, 0.15) is 99.1 Å². The third-order valence-corrected chi connectivity index (χ3v) is 7.13. The molecule has 0 saturated carbocycles. The average Bonchev–Trinajstić information content (AvgIpc) is 3.04. The molecule has 0 saturated heterocycles. The molecule has 0 fully saturated rings. The fraction of sp³-hybridized carbons (Fsp3) is 0.350. The number of ketones is 2. The van der Waals surface area contributed by atoms with E-state index in [4.69, 9.17) is 18.9 Å². The van der Waals surface area contributed by atoms with Gasteiger partial charge in [0.2, 0.25) is 0 Å². The quantitative estimate of drug-likeness (QED) is 0.0665. The predicted molar refractivity (Wildman–Crippen MR) is 192 cm³/mol. The lowest BCUT2D eigenvalue weighted by Crippen LogP contribution is -2.07. The molecule has 50 heavy (non-hydrogen) atoms. The molecule has 4 rings (SSSR count). The fourth-order valence-corrected chi connectivity index (χ4v) is 4.64. The Hall–Kier alpha value is -5.38. The maximum atomic E-state index is 12.6. The Morgan fingerprint density at radius 3 is 1.04 bits per heavy atom. The average molecular weight is 689 g/mol. The molecule has 0 heterocycles. The van der Waals surface area contributed by atoms with Crippen LogP contribution >= 0.6 is 0 Å². The van der Waals surface area contributed by atoms with Crippen molar-refractivity contribution >= 4 is 11.6 Å². The lowest BCUT2D eigenvalue weighted by atomic mass is 10.0. The normalized spacial score (nSPS) is 10.7. The second kappa shape index (κ2) is 19.0. The van der Waals surface area contributed by atoms with E-state index in [-0.39, 0.29) is 57.5 Å². The van der Waals surface area contributed by atoms with E-state index in [1.165, 1.54) is 48.5 Å². The van der Waals surface area contributed by atoms with Gasteiger partial charge in [-0.05, 0) is 89.1 Å². The summed E-state index contributed by atoms with van der Waals surface area (Å²) in [6.45, 7) is 12.7. The molecule has 10 nitrogen and oxygen atoms in total. The smallest absolute Gasteiger partial charge is 0.200 e. The van der Waals surface area contributed by atoms with E-state index < -0.39 is 11.6 Å². The van der Waals surface area contributed by atoms with E-state index in [0.29, 0.717) is 36.2 Å². The van der Waals surface area contributed by atoms with Gasteiger partial charge in [0.15, 0.2) is 11.6 Å². The lowest BCUT2D eigenvalue weighted by Gasteiger charge is -2.13. The number of carbonyl (C=O) groups is 2. The molecule has 0 unspecified atom stereocenters. The van der Waals surface area contributed by atoms with Crippen LogP contribution in [0.15, 0.2) is 72.8 Å². The summed E-state index contributed by atoms with van der Waals surface area (Å²) >= 11 is 0. The van der Waals surface area contributed by atoms with Crippen LogP contribution in [0.5, 0.6) is 46.0 Å². The van der Waals surface area contributed by atoms with Gasteiger partial charge in [0.1, 0.15) is 46.0 Å². The van der Waals surface area contributed by atoms with Gasteiger partial charge in [0.25, 0.3) is 0 Å². The summed E-state index contributed by atoms with van der Waals surface area (Å²) in [6, 6.07) is 18.1. The van der Waals surface area contributed by atoms with Crippen molar-refractivity contribution in [3.63, 3.8) is 0 Å². The van der Waals surface area contributed by atoms with Gasteiger partial charge in [-0.25, -0.2) is 0 Å². The lowest BCUT2D eigenvalue weighted by molar-refractivity contribution is 0.102. The number of carbonyl (C=O) groups excluding carboxylic acids is 2. The monoisotopic (exact) mass is 688 g/mol. The number of hydrogen-bond acceptors (Lipinski definition) is 10. The standard InChI is InChI=1S/C21H26O5.C19H22O5/c1-3-5-11-25-15-7-9-17(19(22)13-15)21(24)18-10-8-16(14-20(18)23)26-12-6-4-2;1-11(2)23-13-5-7-15(17(20)9-13)19(22)16-8-6-14(10-18(16)21)24-12(3)4/h7-10,13-14,22-23H,3-6,11-12H2,1-2H3;5-12,20-21H,1-4H3. The Morgan fingerprint density at radius 2 is 0.780 bits per heavy atom. The first kappa shape index (κ1) is 39.1. The molecule has 0 amide bonds. The maximum absolute atomic E-state index is 12.6. The molecule has 4 aromatic carbocycles. The molecule has 268 valence electrons. The van der Waals surface area contributed by atoms with Crippen molar-refractivity contribution in [3.05, 3.63) is 95.1 Å². The van der Waals surface area contributed by atoms with Crippen LogP contribution in [0.2, 0.25) is 0 Å². The minimum absolute atomic E-state index is 0.0384. The number of aromatic hydroxyl groups is 4. The van der Waals surface area contributed by atoms with Gasteiger partial charge in [-0.3, -0.25) is 9.59 Å². The summed E-state index contributed by atoms with van der Waals surface area (Å²) in [6.07, 6.45) is 3.79. The first-order valence-electron chi connectivity index (χ1n) is 16.8. The van der Waals surface area contributed by atoms with Crippen LogP contribution < -0.4 is 18.9 Å². The molecule has 4 N–H and O–H groups in total. The van der Waals surface area contributed by atoms with E-state index in [9.17, 15) is 30.0 Å². The Bertz CT molecular complexity index is 1600. The maximum Gasteiger partial charge on any atom is 0.200 e. The van der Waals surface area contributed by atoms with Crippen molar-refractivity contribution in [1.82, 2.24) is 0 Å². The molecule has 10 heteroatoms. The van der Waals surface area contributed by atoms with Gasteiger partial charge in [0.05, 0.1) is 47.7 Å². The number of hydrogen-bond donors (Lipinski definition) is 4. The topological polar surface area (TPSA) is 152 Å². The number of phenolic OH excluding ortho intramolecular Hbond substituents is 4. The molecule has 0 radical (unpaired) electrons. The van der Waals surface area contributed by atoms with E-state index in [1.54, 1.807) is 24.3 Å². The van der Waals surface area contributed by atoms with E-state index in [0.717, 1.165) is 25.7 Å². The zero-order valence-corrected chi connectivity index (χ0v) is 29.6. The van der Waals surface area contributed by atoms with Gasteiger partial charge in [-0.1, -0.05) is 26.7 Å². The van der Waals surface area contributed by atoms with Crippen molar-refractivity contribution in [2.45, 2.75) is 79.4 Å². The van der Waals surface area contributed by atoms with Crippen LogP contribution in [0, 0.1) is 0 Å². The highest BCUT2D eigenvalue weighted by Crippen LogP contribution is 2.32.